The average Bonchev–Trinajstić information content (AvgIpc) is 3.64. The topological polar surface area (TPSA) is 146 Å². The lowest BCUT2D eigenvalue weighted by Crippen LogP contribution is -2.37. The molecule has 5 aromatic rings. The molecule has 45 heavy (non-hydrogen) atoms. The van der Waals surface area contributed by atoms with Crippen LogP contribution in [0.15, 0.2) is 59.4 Å². The smallest absolute Gasteiger partial charge is 0.196 e. The van der Waals surface area contributed by atoms with Gasteiger partial charge in [0.1, 0.15) is 29.3 Å². The van der Waals surface area contributed by atoms with Crippen molar-refractivity contribution in [1.29, 1.82) is 0 Å². The molecule has 0 unspecified atom stereocenters. The van der Waals surface area contributed by atoms with E-state index in [4.69, 9.17) is 30.2 Å². The second-order valence-electron chi connectivity index (χ2n) is 10.9. The zero-order chi connectivity index (χ0) is 31.6. The van der Waals surface area contributed by atoms with E-state index in [2.05, 4.69) is 20.3 Å². The Kier molecular flexibility index (Phi) is 9.09. The zero-order valence-electron chi connectivity index (χ0n) is 24.8. The average molecular weight is 653 g/mol. The molecule has 0 aliphatic carbocycles. The van der Waals surface area contributed by atoms with Crippen LogP contribution >= 0.6 is 11.6 Å². The third-order valence-corrected chi connectivity index (χ3v) is 9.73. The number of hydrogen-bond acceptors (Lipinski definition) is 10. The Morgan fingerprint density at radius 1 is 1.16 bits per heavy atom. The van der Waals surface area contributed by atoms with Crippen molar-refractivity contribution in [2.24, 2.45) is 0 Å². The highest BCUT2D eigenvalue weighted by atomic mass is 35.5. The minimum atomic E-state index is -3.06. The molecule has 1 aliphatic heterocycles. The number of aromatic nitrogens is 3. The number of carbonyl (C=O) groups is 1. The molecular formula is C32H33ClN4O7S. The summed E-state index contributed by atoms with van der Waals surface area (Å²) in [6.07, 6.45) is 4.42. The van der Waals surface area contributed by atoms with Crippen LogP contribution in [0.25, 0.3) is 22.0 Å². The summed E-state index contributed by atoms with van der Waals surface area (Å²) in [5, 5.41) is 5.13. The number of rotatable bonds is 12. The monoisotopic (exact) mass is 652 g/mol. The highest BCUT2D eigenvalue weighted by molar-refractivity contribution is 7.91. The summed E-state index contributed by atoms with van der Waals surface area (Å²) in [7, 11) is -3.06. The van der Waals surface area contributed by atoms with Crippen LogP contribution in [0.1, 0.15) is 41.4 Å². The predicted octanol–water partition coefficient (Wildman–Crippen LogP) is 6.10. The van der Waals surface area contributed by atoms with Crippen LogP contribution in [0.4, 0.5) is 5.82 Å². The maximum atomic E-state index is 13.8. The largest absolute Gasteiger partial charge is 0.457 e. The molecule has 0 saturated carbocycles. The van der Waals surface area contributed by atoms with Crippen molar-refractivity contribution in [2.45, 2.75) is 38.8 Å². The van der Waals surface area contributed by atoms with Gasteiger partial charge in [-0.15, -0.1) is 0 Å². The minimum absolute atomic E-state index is 0.00728. The number of carbonyl (C=O) groups excluding carboxylic acids is 1. The van der Waals surface area contributed by atoms with Crippen LogP contribution in [0.2, 0.25) is 5.02 Å². The first kappa shape index (κ1) is 31.0. The molecule has 236 valence electrons. The quantitative estimate of drug-likeness (QED) is 0.120. The molecule has 1 saturated heterocycles. The zero-order valence-corrected chi connectivity index (χ0v) is 26.4. The normalized spacial score (nSPS) is 17.1. The van der Waals surface area contributed by atoms with E-state index in [1.807, 2.05) is 31.2 Å². The van der Waals surface area contributed by atoms with Gasteiger partial charge in [0.05, 0.1) is 53.7 Å². The number of sulfone groups is 1. The van der Waals surface area contributed by atoms with Crippen LogP contribution in [0, 0.1) is 6.92 Å². The molecule has 3 aromatic heterocycles. The molecule has 2 N–H and O–H groups in total. The lowest BCUT2D eigenvalue weighted by Gasteiger charge is -2.30. The van der Waals surface area contributed by atoms with E-state index in [9.17, 15) is 13.2 Å². The number of ketones is 1. The Morgan fingerprint density at radius 3 is 2.80 bits per heavy atom. The fourth-order valence-electron chi connectivity index (χ4n) is 5.30. The Morgan fingerprint density at radius 2 is 2.02 bits per heavy atom. The summed E-state index contributed by atoms with van der Waals surface area (Å²) in [5.74, 6) is 2.13. The van der Waals surface area contributed by atoms with Gasteiger partial charge in [-0.1, -0.05) is 30.7 Å². The van der Waals surface area contributed by atoms with E-state index in [0.717, 1.165) is 24.0 Å². The number of anilines is 1. The molecule has 11 nitrogen and oxygen atoms in total. The summed E-state index contributed by atoms with van der Waals surface area (Å²) in [6, 6.07) is 12.5. The van der Waals surface area contributed by atoms with Gasteiger partial charge in [0, 0.05) is 29.0 Å². The molecule has 1 fully saturated rings. The third-order valence-electron chi connectivity index (χ3n) is 7.75. The van der Waals surface area contributed by atoms with Crippen LogP contribution < -0.4 is 10.1 Å². The highest BCUT2D eigenvalue weighted by Gasteiger charge is 2.26. The summed E-state index contributed by atoms with van der Waals surface area (Å²) in [4.78, 5) is 25.6. The molecule has 0 radical (unpaired) electrons. The van der Waals surface area contributed by atoms with Crippen molar-refractivity contribution in [3.8, 4) is 11.5 Å². The van der Waals surface area contributed by atoms with Gasteiger partial charge in [-0.3, -0.25) is 4.79 Å². The first-order valence-electron chi connectivity index (χ1n) is 14.7. The Balaban J connectivity index is 1.12. The molecular weight excluding hydrogens is 620 g/mol. The van der Waals surface area contributed by atoms with Crippen LogP contribution in [-0.2, 0) is 19.3 Å². The van der Waals surface area contributed by atoms with E-state index in [1.165, 1.54) is 6.33 Å². The van der Waals surface area contributed by atoms with Crippen molar-refractivity contribution in [1.82, 2.24) is 15.0 Å². The lowest BCUT2D eigenvalue weighted by atomic mass is 10.0. The van der Waals surface area contributed by atoms with E-state index >= 15 is 0 Å². The van der Waals surface area contributed by atoms with E-state index in [1.54, 1.807) is 31.3 Å². The van der Waals surface area contributed by atoms with Gasteiger partial charge in [0.25, 0.3) is 0 Å². The van der Waals surface area contributed by atoms with Crippen molar-refractivity contribution in [3.63, 3.8) is 0 Å². The van der Waals surface area contributed by atoms with Crippen molar-refractivity contribution in [3.05, 3.63) is 76.9 Å². The standard InChI is InChI=1S/C32H33ClN4O7S/c1-3-45(39,40)12-11-41-17-23-8-7-21(16-42-23)37-32-28-25(15-34-31(28)35-18-36-32)29(38)24-10-9-22(14-26(24)33)44-27-6-4-5-20-13-19(2)43-30(20)27/h4-6,9-10,13-15,18,21,23H,3,7-8,11-12,16-17H2,1-2H3,(H2,34,35,36,37)/t21-,23+/m1/s1. The summed E-state index contributed by atoms with van der Waals surface area (Å²) in [5.41, 5.74) is 1.84. The number of hydrogen-bond donors (Lipinski definition) is 2. The predicted molar refractivity (Wildman–Crippen MR) is 171 cm³/mol. The van der Waals surface area contributed by atoms with Crippen LogP contribution in [-0.4, -0.2) is 72.6 Å². The van der Waals surface area contributed by atoms with Gasteiger partial charge in [0.2, 0.25) is 0 Å². The number of furan rings is 1. The van der Waals surface area contributed by atoms with Gasteiger partial charge in [-0.05, 0) is 44.0 Å². The molecule has 0 bridgehead atoms. The van der Waals surface area contributed by atoms with Gasteiger partial charge < -0.3 is 28.9 Å². The Hall–Kier alpha value is -3.97. The second kappa shape index (κ2) is 13.2. The molecule has 2 atom stereocenters. The number of nitrogens with one attached hydrogen (secondary N) is 2. The number of aromatic amines is 1. The van der Waals surface area contributed by atoms with E-state index in [0.29, 0.717) is 58.3 Å². The fraction of sp³-hybridized carbons (Fsp3) is 0.344. The molecule has 1 aliphatic rings. The number of ether oxygens (including phenoxy) is 3. The molecule has 2 aromatic carbocycles. The SMILES string of the molecule is CCS(=O)(=O)CCOC[C@@H]1CC[C@@H](Nc2ncnc3[nH]cc(C(=O)c4ccc(Oc5cccc6cc(C)oc56)cc4Cl)c23)CO1. The molecule has 0 amide bonds. The number of fused-ring (bicyclic) bond motifs is 2. The summed E-state index contributed by atoms with van der Waals surface area (Å²) >= 11 is 6.63. The first-order valence-corrected chi connectivity index (χ1v) is 16.9. The maximum absolute atomic E-state index is 13.8. The van der Waals surface area contributed by atoms with E-state index in [-0.39, 0.29) is 41.1 Å². The summed E-state index contributed by atoms with van der Waals surface area (Å²) in [6.45, 7) is 4.39. The number of aryl methyl sites for hydroxylation is 1. The number of para-hydroxylation sites is 1. The molecule has 4 heterocycles. The van der Waals surface area contributed by atoms with Crippen molar-refractivity contribution < 1.29 is 31.8 Å². The second-order valence-corrected chi connectivity index (χ2v) is 13.8. The van der Waals surface area contributed by atoms with Crippen LogP contribution in [0.5, 0.6) is 11.5 Å². The molecule has 13 heteroatoms. The Labute approximate surface area is 265 Å². The Bertz CT molecular complexity index is 1950. The highest BCUT2D eigenvalue weighted by Crippen LogP contribution is 2.35. The van der Waals surface area contributed by atoms with Crippen molar-refractivity contribution >= 4 is 55.0 Å². The van der Waals surface area contributed by atoms with Gasteiger partial charge in [-0.2, -0.15) is 0 Å². The molecule has 6 rings (SSSR count). The number of nitrogens with zero attached hydrogens (tertiary/aromatic N) is 2. The number of halogens is 1. The lowest BCUT2D eigenvalue weighted by molar-refractivity contribution is -0.0419. The minimum Gasteiger partial charge on any atom is -0.457 e. The van der Waals surface area contributed by atoms with Crippen molar-refractivity contribution in [2.75, 3.05) is 36.6 Å². The third kappa shape index (κ3) is 6.99. The number of benzene rings is 2. The summed E-state index contributed by atoms with van der Waals surface area (Å²) < 4.78 is 46.7. The van der Waals surface area contributed by atoms with Gasteiger partial charge in [0.15, 0.2) is 27.0 Å². The fourth-order valence-corrected chi connectivity index (χ4v) is 6.22. The number of H-pyrrole nitrogens is 1. The molecule has 0 spiro atoms. The van der Waals surface area contributed by atoms with Gasteiger partial charge >= 0.3 is 0 Å². The first-order chi connectivity index (χ1) is 21.7. The maximum Gasteiger partial charge on any atom is 0.196 e. The van der Waals surface area contributed by atoms with Crippen LogP contribution in [0.3, 0.4) is 0 Å². The van der Waals surface area contributed by atoms with E-state index < -0.39 is 9.84 Å². The van der Waals surface area contributed by atoms with Gasteiger partial charge in [-0.25, -0.2) is 18.4 Å².